The third-order valence-corrected chi connectivity index (χ3v) is 4.36. The van der Waals surface area contributed by atoms with Crippen LogP contribution in [-0.4, -0.2) is 40.3 Å². The summed E-state index contributed by atoms with van der Waals surface area (Å²) in [7, 11) is 0. The van der Waals surface area contributed by atoms with Gasteiger partial charge in [0.2, 0.25) is 5.91 Å². The minimum atomic E-state index is -0.757. The summed E-state index contributed by atoms with van der Waals surface area (Å²) in [4.78, 5) is 13.9. The smallest absolute Gasteiger partial charge is 0.255 e. The van der Waals surface area contributed by atoms with E-state index >= 15 is 0 Å². The number of rotatable bonds is 6. The molecule has 1 aromatic carbocycles. The summed E-state index contributed by atoms with van der Waals surface area (Å²) in [6.07, 6.45) is 4.59. The van der Waals surface area contributed by atoms with E-state index in [-0.39, 0.29) is 23.6 Å². The molecule has 1 saturated heterocycles. The van der Waals surface area contributed by atoms with Crippen molar-refractivity contribution < 1.29 is 13.9 Å². The number of nitrogens with two attached hydrogens (primary N) is 1. The minimum absolute atomic E-state index is 0.0256. The summed E-state index contributed by atoms with van der Waals surface area (Å²) in [5, 5.41) is 4.21. The Kier molecular flexibility index (Phi) is 7.23. The highest BCUT2D eigenvalue weighted by atomic mass is 35.5. The SMILES string of the molecule is C=CC=C.CC1(COc2ccc(Cl)cc2)CN(C(=O)Cn2cc(N)c(F)n2)C1. The van der Waals surface area contributed by atoms with E-state index in [0.717, 1.165) is 5.75 Å². The maximum atomic E-state index is 13.1. The fraction of sp³-hybridized carbons (Fsp3) is 0.300. The summed E-state index contributed by atoms with van der Waals surface area (Å²) in [6, 6.07) is 7.16. The Labute approximate surface area is 169 Å². The van der Waals surface area contributed by atoms with E-state index in [1.165, 1.54) is 10.9 Å². The number of hydrogen-bond acceptors (Lipinski definition) is 4. The molecule has 0 aliphatic carbocycles. The Morgan fingerprint density at radius 2 is 1.96 bits per heavy atom. The van der Waals surface area contributed by atoms with Crippen molar-refractivity contribution in [2.45, 2.75) is 13.5 Å². The predicted octanol–water partition coefficient (Wildman–Crippen LogP) is 3.54. The highest BCUT2D eigenvalue weighted by Crippen LogP contribution is 2.31. The first kappa shape index (κ1) is 21.5. The lowest BCUT2D eigenvalue weighted by Gasteiger charge is -2.47. The molecule has 0 bridgehead atoms. The first-order valence-corrected chi connectivity index (χ1v) is 9.02. The van der Waals surface area contributed by atoms with Crippen LogP contribution >= 0.6 is 11.6 Å². The van der Waals surface area contributed by atoms with E-state index in [1.807, 2.05) is 12.1 Å². The van der Waals surface area contributed by atoms with Crippen LogP contribution in [0.4, 0.5) is 10.1 Å². The van der Waals surface area contributed by atoms with E-state index < -0.39 is 5.95 Å². The van der Waals surface area contributed by atoms with Gasteiger partial charge in [-0.25, -0.2) is 0 Å². The molecular formula is C20H24ClFN4O2. The van der Waals surface area contributed by atoms with Gasteiger partial charge in [0, 0.05) is 23.5 Å². The largest absolute Gasteiger partial charge is 0.493 e. The highest BCUT2D eigenvalue weighted by molar-refractivity contribution is 6.30. The van der Waals surface area contributed by atoms with Crippen LogP contribution in [0.3, 0.4) is 0 Å². The van der Waals surface area contributed by atoms with Crippen LogP contribution in [0.25, 0.3) is 0 Å². The van der Waals surface area contributed by atoms with Gasteiger partial charge in [-0.15, -0.1) is 5.10 Å². The molecule has 0 unspecified atom stereocenters. The molecule has 2 heterocycles. The zero-order chi connectivity index (χ0) is 20.7. The molecule has 6 nitrogen and oxygen atoms in total. The summed E-state index contributed by atoms with van der Waals surface area (Å²) in [5.41, 5.74) is 5.21. The standard InChI is InChI=1S/C16H18ClFN4O2.C4H6/c1-16(10-24-12-4-2-11(17)3-5-12)8-21(9-16)14(23)7-22-6-13(19)15(18)20-22;1-3-4-2/h2-6H,7-10,19H2,1H3;3-4H,1-2H2. The number of amides is 1. The van der Waals surface area contributed by atoms with Gasteiger partial charge < -0.3 is 15.4 Å². The molecule has 150 valence electrons. The van der Waals surface area contributed by atoms with Crippen molar-refractivity contribution in [3.05, 3.63) is 66.7 Å². The van der Waals surface area contributed by atoms with Crippen LogP contribution in [0.2, 0.25) is 5.02 Å². The normalized spacial score (nSPS) is 14.3. The number of aromatic nitrogens is 2. The Morgan fingerprint density at radius 1 is 1.36 bits per heavy atom. The summed E-state index contributed by atoms with van der Waals surface area (Å²) in [6.45, 7) is 10.4. The van der Waals surface area contributed by atoms with Gasteiger partial charge in [-0.1, -0.05) is 43.8 Å². The zero-order valence-corrected chi connectivity index (χ0v) is 16.5. The molecule has 1 aliphatic heterocycles. The number of hydrogen-bond donors (Lipinski definition) is 1. The number of nitrogen functional groups attached to an aromatic ring is 1. The molecular weight excluding hydrogens is 383 g/mol. The van der Waals surface area contributed by atoms with Gasteiger partial charge in [-0.2, -0.15) is 4.39 Å². The molecule has 1 aromatic heterocycles. The third-order valence-electron chi connectivity index (χ3n) is 4.11. The summed E-state index contributed by atoms with van der Waals surface area (Å²) >= 11 is 5.83. The molecule has 0 spiro atoms. The van der Waals surface area contributed by atoms with Crippen molar-refractivity contribution in [2.24, 2.45) is 5.41 Å². The quantitative estimate of drug-likeness (QED) is 0.744. The molecule has 1 fully saturated rings. The Hall–Kier alpha value is -2.80. The van der Waals surface area contributed by atoms with Crippen LogP contribution < -0.4 is 10.5 Å². The van der Waals surface area contributed by atoms with E-state index in [2.05, 4.69) is 25.2 Å². The van der Waals surface area contributed by atoms with Crippen LogP contribution in [0.5, 0.6) is 5.75 Å². The van der Waals surface area contributed by atoms with Crippen molar-refractivity contribution in [1.82, 2.24) is 14.7 Å². The first-order valence-electron chi connectivity index (χ1n) is 8.64. The highest BCUT2D eigenvalue weighted by Gasteiger charge is 2.42. The number of benzene rings is 1. The van der Waals surface area contributed by atoms with Gasteiger partial charge in [0.05, 0.1) is 12.8 Å². The number of anilines is 1. The molecule has 28 heavy (non-hydrogen) atoms. The number of halogens is 2. The monoisotopic (exact) mass is 406 g/mol. The van der Waals surface area contributed by atoms with Gasteiger partial charge in [0.15, 0.2) is 0 Å². The summed E-state index contributed by atoms with van der Waals surface area (Å²) < 4.78 is 20.1. The maximum Gasteiger partial charge on any atom is 0.255 e. The zero-order valence-electron chi connectivity index (χ0n) is 15.8. The van der Waals surface area contributed by atoms with Crippen molar-refractivity contribution in [3.63, 3.8) is 0 Å². The fourth-order valence-corrected chi connectivity index (χ4v) is 2.79. The van der Waals surface area contributed by atoms with Crippen LogP contribution in [0, 0.1) is 11.4 Å². The Bertz CT molecular complexity index is 804. The van der Waals surface area contributed by atoms with E-state index in [4.69, 9.17) is 22.1 Å². The van der Waals surface area contributed by atoms with E-state index in [1.54, 1.807) is 29.2 Å². The third kappa shape index (κ3) is 5.85. The minimum Gasteiger partial charge on any atom is -0.493 e. The van der Waals surface area contributed by atoms with Crippen LogP contribution in [-0.2, 0) is 11.3 Å². The number of nitrogens with zero attached hydrogens (tertiary/aromatic N) is 3. The Morgan fingerprint density at radius 3 is 2.46 bits per heavy atom. The molecule has 2 N–H and O–H groups in total. The van der Waals surface area contributed by atoms with Gasteiger partial charge in [-0.05, 0) is 24.3 Å². The number of carbonyl (C=O) groups is 1. The summed E-state index contributed by atoms with van der Waals surface area (Å²) in [5.74, 6) is -0.137. The Balaban J connectivity index is 0.000000640. The average Bonchev–Trinajstić information content (AvgIpc) is 2.96. The second-order valence-electron chi connectivity index (χ2n) is 6.85. The van der Waals surface area contributed by atoms with Gasteiger partial charge in [-0.3, -0.25) is 9.48 Å². The molecule has 3 rings (SSSR count). The van der Waals surface area contributed by atoms with E-state index in [0.29, 0.717) is 24.7 Å². The molecule has 0 saturated carbocycles. The second kappa shape index (κ2) is 9.41. The topological polar surface area (TPSA) is 73.4 Å². The van der Waals surface area contributed by atoms with Crippen molar-refractivity contribution >= 4 is 23.2 Å². The molecule has 0 radical (unpaired) electrons. The molecule has 2 aromatic rings. The number of ether oxygens (including phenoxy) is 1. The molecule has 8 heteroatoms. The first-order chi connectivity index (χ1) is 13.3. The molecule has 0 atom stereocenters. The van der Waals surface area contributed by atoms with Gasteiger partial charge >= 0.3 is 0 Å². The van der Waals surface area contributed by atoms with Crippen molar-refractivity contribution in [2.75, 3.05) is 25.4 Å². The lowest BCUT2D eigenvalue weighted by Crippen LogP contribution is -2.60. The van der Waals surface area contributed by atoms with Crippen LogP contribution in [0.1, 0.15) is 6.92 Å². The van der Waals surface area contributed by atoms with Crippen LogP contribution in [0.15, 0.2) is 55.8 Å². The maximum absolute atomic E-state index is 13.1. The van der Waals surface area contributed by atoms with Gasteiger partial charge in [0.25, 0.3) is 5.95 Å². The average molecular weight is 407 g/mol. The molecule has 1 amide bonds. The number of allylic oxidation sites excluding steroid dienone is 2. The lowest BCUT2D eigenvalue weighted by atomic mass is 9.83. The van der Waals surface area contributed by atoms with Crippen molar-refractivity contribution in [1.29, 1.82) is 0 Å². The fourth-order valence-electron chi connectivity index (χ4n) is 2.66. The van der Waals surface area contributed by atoms with Gasteiger partial charge in [0.1, 0.15) is 18.0 Å². The predicted molar refractivity (Wildman–Crippen MR) is 109 cm³/mol. The number of carbonyl (C=O) groups excluding carboxylic acids is 1. The molecule has 1 aliphatic rings. The lowest BCUT2D eigenvalue weighted by molar-refractivity contribution is -0.145. The second-order valence-corrected chi connectivity index (χ2v) is 7.28. The van der Waals surface area contributed by atoms with E-state index in [9.17, 15) is 9.18 Å². The number of likely N-dealkylation sites (tertiary alicyclic amines) is 1. The van der Waals surface area contributed by atoms with Crippen molar-refractivity contribution in [3.8, 4) is 5.75 Å².